The number of benzene rings is 1. The predicted molar refractivity (Wildman–Crippen MR) is 55.7 cm³/mol. The second kappa shape index (κ2) is 3.77. The van der Waals surface area contributed by atoms with Crippen LogP contribution in [0.2, 0.25) is 0 Å². The van der Waals surface area contributed by atoms with Crippen LogP contribution in [-0.4, -0.2) is 21.0 Å². The van der Waals surface area contributed by atoms with Gasteiger partial charge in [0.1, 0.15) is 17.3 Å². The number of halogens is 1. The van der Waals surface area contributed by atoms with Crippen LogP contribution in [0.1, 0.15) is 16.1 Å². The minimum Gasteiger partial charge on any atom is -0.477 e. The van der Waals surface area contributed by atoms with Gasteiger partial charge in [-0.05, 0) is 30.7 Å². The lowest BCUT2D eigenvalue weighted by molar-refractivity contribution is 0.0691. The Morgan fingerprint density at radius 1 is 1.50 bits per heavy atom. The number of aromatic amines is 1. The summed E-state index contributed by atoms with van der Waals surface area (Å²) in [5, 5.41) is 8.71. The molecule has 0 fully saturated rings. The average Bonchev–Trinajstić information content (AvgIpc) is 2.71. The van der Waals surface area contributed by atoms with Crippen molar-refractivity contribution in [3.8, 4) is 11.4 Å². The molecule has 4 nitrogen and oxygen atoms in total. The molecule has 1 heterocycles. The standard InChI is InChI=1S/C11H9FN2O2/c1-6-4-7(2-3-8(6)12)10-13-5-9(14-10)11(15)16/h2-5H,1H3,(H,13,14)(H,15,16). The molecule has 0 saturated heterocycles. The van der Waals surface area contributed by atoms with Gasteiger partial charge in [-0.15, -0.1) is 0 Å². The number of nitrogens with one attached hydrogen (secondary N) is 1. The molecule has 2 aromatic rings. The summed E-state index contributed by atoms with van der Waals surface area (Å²) >= 11 is 0. The van der Waals surface area contributed by atoms with Gasteiger partial charge in [0.05, 0.1) is 6.20 Å². The Bertz CT molecular complexity index is 549. The van der Waals surface area contributed by atoms with Crippen LogP contribution in [0.25, 0.3) is 11.4 Å². The quantitative estimate of drug-likeness (QED) is 0.815. The van der Waals surface area contributed by atoms with Gasteiger partial charge in [0.25, 0.3) is 0 Å². The van der Waals surface area contributed by atoms with E-state index in [1.165, 1.54) is 12.3 Å². The van der Waals surface area contributed by atoms with Crippen LogP contribution < -0.4 is 0 Å². The van der Waals surface area contributed by atoms with Crippen LogP contribution in [0.5, 0.6) is 0 Å². The fourth-order valence-corrected chi connectivity index (χ4v) is 1.37. The van der Waals surface area contributed by atoms with Crippen LogP contribution in [-0.2, 0) is 0 Å². The maximum Gasteiger partial charge on any atom is 0.353 e. The number of aromatic carboxylic acids is 1. The summed E-state index contributed by atoms with van der Waals surface area (Å²) in [7, 11) is 0. The van der Waals surface area contributed by atoms with Gasteiger partial charge in [-0.25, -0.2) is 14.2 Å². The molecule has 1 aromatic carbocycles. The summed E-state index contributed by atoms with van der Waals surface area (Å²) in [5.74, 6) is -0.952. The first-order valence-electron chi connectivity index (χ1n) is 4.63. The van der Waals surface area contributed by atoms with Crippen molar-refractivity contribution < 1.29 is 14.3 Å². The molecule has 0 radical (unpaired) electrons. The molecule has 16 heavy (non-hydrogen) atoms. The Morgan fingerprint density at radius 2 is 2.25 bits per heavy atom. The number of rotatable bonds is 2. The van der Waals surface area contributed by atoms with E-state index in [-0.39, 0.29) is 11.5 Å². The lowest BCUT2D eigenvalue weighted by Gasteiger charge is -1.99. The zero-order valence-electron chi connectivity index (χ0n) is 8.49. The molecule has 0 atom stereocenters. The van der Waals surface area contributed by atoms with Gasteiger partial charge in [-0.3, -0.25) is 0 Å². The molecule has 5 heteroatoms. The van der Waals surface area contributed by atoms with E-state index in [0.29, 0.717) is 17.0 Å². The summed E-state index contributed by atoms with van der Waals surface area (Å²) in [6.07, 6.45) is 1.23. The maximum atomic E-state index is 13.0. The average molecular weight is 220 g/mol. The molecule has 2 N–H and O–H groups in total. The van der Waals surface area contributed by atoms with Crippen molar-refractivity contribution in [3.05, 3.63) is 41.5 Å². The summed E-state index contributed by atoms with van der Waals surface area (Å²) < 4.78 is 13.0. The number of carboxylic acids is 1. The zero-order valence-corrected chi connectivity index (χ0v) is 8.49. The van der Waals surface area contributed by atoms with Gasteiger partial charge in [-0.2, -0.15) is 0 Å². The van der Waals surface area contributed by atoms with E-state index in [1.54, 1.807) is 19.1 Å². The number of hydrogen-bond acceptors (Lipinski definition) is 2. The molecular weight excluding hydrogens is 211 g/mol. The van der Waals surface area contributed by atoms with Crippen molar-refractivity contribution in [1.82, 2.24) is 9.97 Å². The first-order valence-corrected chi connectivity index (χ1v) is 4.63. The number of carboxylic acid groups (broad SMARTS) is 1. The van der Waals surface area contributed by atoms with E-state index in [4.69, 9.17) is 5.11 Å². The molecule has 0 aliphatic carbocycles. The highest BCUT2D eigenvalue weighted by Crippen LogP contribution is 2.18. The third-order valence-corrected chi connectivity index (χ3v) is 2.24. The lowest BCUT2D eigenvalue weighted by atomic mass is 10.1. The van der Waals surface area contributed by atoms with Gasteiger partial charge >= 0.3 is 5.97 Å². The summed E-state index contributed by atoms with van der Waals surface area (Å²) in [4.78, 5) is 17.2. The van der Waals surface area contributed by atoms with E-state index in [2.05, 4.69) is 9.97 Å². The summed E-state index contributed by atoms with van der Waals surface area (Å²) in [5.41, 5.74) is 1.16. The number of H-pyrrole nitrogens is 1. The highest BCUT2D eigenvalue weighted by Gasteiger charge is 2.09. The molecule has 0 aliphatic heterocycles. The van der Waals surface area contributed by atoms with Crippen molar-refractivity contribution in [2.75, 3.05) is 0 Å². The molecule has 0 spiro atoms. The zero-order chi connectivity index (χ0) is 11.7. The topological polar surface area (TPSA) is 66.0 Å². The smallest absolute Gasteiger partial charge is 0.353 e. The number of nitrogens with zero attached hydrogens (tertiary/aromatic N) is 1. The second-order valence-electron chi connectivity index (χ2n) is 3.41. The number of carbonyl (C=O) groups is 1. The molecule has 2 rings (SSSR count). The number of aromatic nitrogens is 2. The van der Waals surface area contributed by atoms with E-state index >= 15 is 0 Å². The number of aryl methyl sites for hydroxylation is 1. The molecule has 0 saturated carbocycles. The fourth-order valence-electron chi connectivity index (χ4n) is 1.37. The number of hydrogen-bond donors (Lipinski definition) is 2. The highest BCUT2D eigenvalue weighted by molar-refractivity contribution is 5.85. The van der Waals surface area contributed by atoms with Crippen LogP contribution in [0.3, 0.4) is 0 Å². The summed E-state index contributed by atoms with van der Waals surface area (Å²) in [6, 6.07) is 4.49. The highest BCUT2D eigenvalue weighted by atomic mass is 19.1. The van der Waals surface area contributed by atoms with Crippen molar-refractivity contribution >= 4 is 5.97 Å². The van der Waals surface area contributed by atoms with Crippen LogP contribution in [0.4, 0.5) is 4.39 Å². The Kier molecular flexibility index (Phi) is 2.44. The van der Waals surface area contributed by atoms with E-state index < -0.39 is 5.97 Å². The van der Waals surface area contributed by atoms with Gasteiger partial charge in [0.15, 0.2) is 0 Å². The molecule has 0 bridgehead atoms. The predicted octanol–water partition coefficient (Wildman–Crippen LogP) is 2.22. The van der Waals surface area contributed by atoms with Gasteiger partial charge in [0, 0.05) is 5.56 Å². The third kappa shape index (κ3) is 1.79. The van der Waals surface area contributed by atoms with Crippen molar-refractivity contribution in [1.29, 1.82) is 0 Å². The van der Waals surface area contributed by atoms with Crippen LogP contribution in [0, 0.1) is 12.7 Å². The van der Waals surface area contributed by atoms with E-state index in [0.717, 1.165) is 0 Å². The molecule has 82 valence electrons. The Hall–Kier alpha value is -2.17. The lowest BCUT2D eigenvalue weighted by Crippen LogP contribution is -1.95. The molecular formula is C11H9FN2O2. The maximum absolute atomic E-state index is 13.0. The summed E-state index contributed by atoms with van der Waals surface area (Å²) in [6.45, 7) is 1.64. The fraction of sp³-hybridized carbons (Fsp3) is 0.0909. The Balaban J connectivity index is 2.42. The second-order valence-corrected chi connectivity index (χ2v) is 3.41. The van der Waals surface area contributed by atoms with Crippen LogP contribution in [0.15, 0.2) is 24.4 Å². The van der Waals surface area contributed by atoms with Crippen molar-refractivity contribution in [2.45, 2.75) is 6.92 Å². The van der Waals surface area contributed by atoms with Crippen molar-refractivity contribution in [2.24, 2.45) is 0 Å². The molecule has 0 unspecified atom stereocenters. The minimum atomic E-state index is -1.07. The van der Waals surface area contributed by atoms with Gasteiger partial charge in [-0.1, -0.05) is 0 Å². The van der Waals surface area contributed by atoms with Crippen LogP contribution >= 0.6 is 0 Å². The van der Waals surface area contributed by atoms with Gasteiger partial charge in [0.2, 0.25) is 0 Å². The Labute approximate surface area is 90.8 Å². The van der Waals surface area contributed by atoms with Crippen molar-refractivity contribution in [3.63, 3.8) is 0 Å². The largest absolute Gasteiger partial charge is 0.477 e. The third-order valence-electron chi connectivity index (χ3n) is 2.24. The molecule has 0 aliphatic rings. The normalized spacial score (nSPS) is 10.4. The monoisotopic (exact) mass is 220 g/mol. The number of imidazole rings is 1. The molecule has 0 amide bonds. The van der Waals surface area contributed by atoms with E-state index in [9.17, 15) is 9.18 Å². The molecule has 1 aromatic heterocycles. The van der Waals surface area contributed by atoms with E-state index in [1.807, 2.05) is 0 Å². The first-order chi connectivity index (χ1) is 7.58. The SMILES string of the molecule is Cc1cc(-c2ncc(C(=O)O)[nH]2)ccc1F. The minimum absolute atomic E-state index is 0.0111. The Morgan fingerprint density at radius 3 is 2.81 bits per heavy atom. The van der Waals surface area contributed by atoms with Gasteiger partial charge < -0.3 is 10.1 Å². The first kappa shape index (κ1) is 10.4.